The van der Waals surface area contributed by atoms with Crippen LogP contribution in [0.5, 0.6) is 6.01 Å². The molecule has 174 valence electrons. The van der Waals surface area contributed by atoms with E-state index in [1.54, 1.807) is 24.3 Å². The van der Waals surface area contributed by atoms with Crippen LogP contribution in [-0.2, 0) is 20.1 Å². The molecule has 32 heavy (non-hydrogen) atoms. The molecule has 0 aliphatic rings. The number of rotatable bonds is 9. The second-order valence-electron chi connectivity index (χ2n) is 7.22. The highest BCUT2D eigenvalue weighted by molar-refractivity contribution is 6.30. The number of nitrogens with zero attached hydrogens (tertiary/aromatic N) is 4. The van der Waals surface area contributed by atoms with Gasteiger partial charge in [-0.25, -0.2) is 4.79 Å². The highest BCUT2D eigenvalue weighted by Crippen LogP contribution is 2.23. The van der Waals surface area contributed by atoms with E-state index in [0.29, 0.717) is 5.02 Å². The monoisotopic (exact) mass is 474 g/mol. The summed E-state index contributed by atoms with van der Waals surface area (Å²) in [6.45, 7) is -0.344. The Balaban J connectivity index is 2.08. The first-order valence-electron chi connectivity index (χ1n) is 9.87. The number of benzene rings is 1. The van der Waals surface area contributed by atoms with Gasteiger partial charge in [-0.15, -0.1) is 0 Å². The normalized spacial score (nSPS) is 11.9. The smallest absolute Gasteiger partial charge is 0.389 e. The molecule has 0 bridgehead atoms. The molecule has 1 N–H and O–H groups in total. The van der Waals surface area contributed by atoms with Crippen LogP contribution in [0.3, 0.4) is 0 Å². The van der Waals surface area contributed by atoms with E-state index in [-0.39, 0.29) is 56.3 Å². The van der Waals surface area contributed by atoms with Crippen molar-refractivity contribution in [2.75, 3.05) is 13.2 Å². The molecule has 0 fully saturated rings. The first kappa shape index (κ1) is 23.9. The first-order chi connectivity index (χ1) is 15.1. The second-order valence-corrected chi connectivity index (χ2v) is 7.66. The molecule has 0 unspecified atom stereocenters. The largest absolute Gasteiger partial charge is 0.465 e. The van der Waals surface area contributed by atoms with Crippen molar-refractivity contribution in [2.24, 2.45) is 7.05 Å². The van der Waals surface area contributed by atoms with Crippen LogP contribution in [-0.4, -0.2) is 43.2 Å². The van der Waals surface area contributed by atoms with Gasteiger partial charge in [0.05, 0.1) is 13.2 Å². The fraction of sp³-hybridized carbons (Fsp3) is 0.450. The Morgan fingerprint density at radius 2 is 1.81 bits per heavy atom. The van der Waals surface area contributed by atoms with Gasteiger partial charge >= 0.3 is 11.9 Å². The third kappa shape index (κ3) is 5.33. The molecule has 2 heterocycles. The number of aliphatic hydroxyl groups excluding tert-OH is 1. The summed E-state index contributed by atoms with van der Waals surface area (Å²) in [4.78, 5) is 30.0. The summed E-state index contributed by atoms with van der Waals surface area (Å²) in [5.41, 5.74) is -0.367. The molecule has 0 amide bonds. The van der Waals surface area contributed by atoms with Crippen LogP contribution >= 0.6 is 11.6 Å². The van der Waals surface area contributed by atoms with E-state index < -0.39 is 23.8 Å². The second kappa shape index (κ2) is 9.78. The van der Waals surface area contributed by atoms with E-state index in [1.807, 2.05) is 0 Å². The predicted octanol–water partition coefficient (Wildman–Crippen LogP) is 2.70. The lowest BCUT2D eigenvalue weighted by atomic mass is 10.2. The highest BCUT2D eigenvalue weighted by atomic mass is 35.5. The number of aryl methyl sites for hydroxylation is 1. The standard InChI is InChI=1S/C20H22ClF3N4O4/c1-26-16-15(17(30)27(19(26)31)9-3-10-29)28(12-13-4-6-14(21)7-5-13)18(25-16)32-11-2-8-20(22,23)24/h4-7,29H,2-3,8-12H2,1H3. The number of alkyl halides is 3. The zero-order valence-corrected chi connectivity index (χ0v) is 18.0. The Labute approximate surface area is 185 Å². The van der Waals surface area contributed by atoms with E-state index in [9.17, 15) is 22.8 Å². The average Bonchev–Trinajstić information content (AvgIpc) is 3.09. The lowest BCUT2D eigenvalue weighted by Crippen LogP contribution is -2.39. The zero-order chi connectivity index (χ0) is 23.5. The fourth-order valence-electron chi connectivity index (χ4n) is 3.24. The maximum atomic E-state index is 13.1. The topological polar surface area (TPSA) is 91.3 Å². The minimum Gasteiger partial charge on any atom is -0.465 e. The summed E-state index contributed by atoms with van der Waals surface area (Å²) in [5.74, 6) is 0. The summed E-state index contributed by atoms with van der Waals surface area (Å²) in [6.07, 6.45) is -5.41. The van der Waals surface area contributed by atoms with E-state index >= 15 is 0 Å². The van der Waals surface area contributed by atoms with Crippen molar-refractivity contribution in [3.8, 4) is 6.01 Å². The maximum absolute atomic E-state index is 13.1. The Bertz CT molecular complexity index is 1200. The van der Waals surface area contributed by atoms with Gasteiger partial charge in [-0.2, -0.15) is 18.2 Å². The molecule has 1 aromatic carbocycles. The van der Waals surface area contributed by atoms with Crippen LogP contribution in [0.4, 0.5) is 13.2 Å². The summed E-state index contributed by atoms with van der Waals surface area (Å²) < 4.78 is 46.5. The van der Waals surface area contributed by atoms with Crippen LogP contribution in [0.15, 0.2) is 33.9 Å². The number of ether oxygens (including phenoxy) is 1. The lowest BCUT2D eigenvalue weighted by molar-refractivity contribution is -0.136. The van der Waals surface area contributed by atoms with Crippen molar-refractivity contribution < 1.29 is 23.0 Å². The number of fused-ring (bicyclic) bond motifs is 1. The summed E-state index contributed by atoms with van der Waals surface area (Å²) in [5, 5.41) is 9.61. The van der Waals surface area contributed by atoms with Crippen molar-refractivity contribution >= 4 is 22.8 Å². The van der Waals surface area contributed by atoms with Gasteiger partial charge in [0.25, 0.3) is 11.6 Å². The number of imidazole rings is 1. The number of halogens is 4. The molecule has 0 radical (unpaired) electrons. The van der Waals surface area contributed by atoms with Crippen LogP contribution < -0.4 is 16.0 Å². The Morgan fingerprint density at radius 1 is 1.12 bits per heavy atom. The molecule has 2 aromatic heterocycles. The molecule has 3 rings (SSSR count). The van der Waals surface area contributed by atoms with Gasteiger partial charge in [-0.05, 0) is 30.5 Å². The zero-order valence-electron chi connectivity index (χ0n) is 17.2. The Hall–Kier alpha value is -2.79. The minimum atomic E-state index is -4.31. The molecule has 0 atom stereocenters. The molecule has 0 aliphatic heterocycles. The van der Waals surface area contributed by atoms with Crippen molar-refractivity contribution in [3.63, 3.8) is 0 Å². The molecule has 0 saturated carbocycles. The van der Waals surface area contributed by atoms with Gasteiger partial charge < -0.3 is 9.84 Å². The number of aliphatic hydroxyl groups is 1. The Morgan fingerprint density at radius 3 is 2.44 bits per heavy atom. The van der Waals surface area contributed by atoms with Gasteiger partial charge in [0.15, 0.2) is 11.2 Å². The SMILES string of the molecule is Cn1c(=O)n(CCCO)c(=O)c2c1nc(OCCCC(F)(F)F)n2Cc1ccc(Cl)cc1. The van der Waals surface area contributed by atoms with E-state index in [2.05, 4.69) is 4.98 Å². The molecule has 3 aromatic rings. The summed E-state index contributed by atoms with van der Waals surface area (Å²) in [6, 6.07) is 6.72. The van der Waals surface area contributed by atoms with Gasteiger partial charge in [-0.3, -0.25) is 18.5 Å². The minimum absolute atomic E-state index is 0.00580. The van der Waals surface area contributed by atoms with Crippen molar-refractivity contribution in [1.82, 2.24) is 18.7 Å². The third-order valence-electron chi connectivity index (χ3n) is 4.83. The van der Waals surface area contributed by atoms with Gasteiger partial charge in [-0.1, -0.05) is 23.7 Å². The molecular formula is C20H22ClF3N4O4. The lowest BCUT2D eigenvalue weighted by Gasteiger charge is -2.12. The predicted molar refractivity (Wildman–Crippen MR) is 112 cm³/mol. The van der Waals surface area contributed by atoms with Gasteiger partial charge in [0.2, 0.25) is 0 Å². The highest BCUT2D eigenvalue weighted by Gasteiger charge is 2.27. The summed E-state index contributed by atoms with van der Waals surface area (Å²) in [7, 11) is 1.44. The average molecular weight is 475 g/mol. The molecule has 8 nitrogen and oxygen atoms in total. The van der Waals surface area contributed by atoms with Crippen LogP contribution in [0.25, 0.3) is 11.2 Å². The number of hydrogen-bond acceptors (Lipinski definition) is 5. The Kier molecular flexibility index (Phi) is 7.29. The summed E-state index contributed by atoms with van der Waals surface area (Å²) >= 11 is 5.93. The molecular weight excluding hydrogens is 453 g/mol. The molecule has 0 aliphatic carbocycles. The van der Waals surface area contributed by atoms with E-state index in [4.69, 9.17) is 21.4 Å². The maximum Gasteiger partial charge on any atom is 0.389 e. The quantitative estimate of drug-likeness (QED) is 0.481. The number of aromatic nitrogens is 4. The number of hydrogen-bond donors (Lipinski definition) is 1. The van der Waals surface area contributed by atoms with Crippen LogP contribution in [0.2, 0.25) is 5.02 Å². The van der Waals surface area contributed by atoms with Crippen molar-refractivity contribution in [1.29, 1.82) is 0 Å². The van der Waals surface area contributed by atoms with Crippen molar-refractivity contribution in [2.45, 2.75) is 38.5 Å². The molecule has 12 heteroatoms. The molecule has 0 saturated heterocycles. The van der Waals surface area contributed by atoms with E-state index in [0.717, 1.165) is 10.1 Å². The van der Waals surface area contributed by atoms with Crippen LogP contribution in [0.1, 0.15) is 24.8 Å². The van der Waals surface area contributed by atoms with Crippen molar-refractivity contribution in [3.05, 3.63) is 55.7 Å². The van der Waals surface area contributed by atoms with E-state index in [1.165, 1.54) is 16.2 Å². The van der Waals surface area contributed by atoms with Gasteiger partial charge in [0.1, 0.15) is 0 Å². The first-order valence-corrected chi connectivity index (χ1v) is 10.2. The van der Waals surface area contributed by atoms with Crippen LogP contribution in [0, 0.1) is 0 Å². The van der Waals surface area contributed by atoms with Gasteiger partial charge in [0, 0.05) is 31.6 Å². The molecule has 0 spiro atoms. The fourth-order valence-corrected chi connectivity index (χ4v) is 3.37. The third-order valence-corrected chi connectivity index (χ3v) is 5.08.